The molecule has 7 heteroatoms. The van der Waals surface area contributed by atoms with Crippen molar-refractivity contribution < 1.29 is 9.72 Å². The second-order valence-electron chi connectivity index (χ2n) is 8.96. The van der Waals surface area contributed by atoms with Gasteiger partial charge in [-0.2, -0.15) is 5.10 Å². The molecule has 4 rings (SSSR count). The van der Waals surface area contributed by atoms with E-state index in [1.165, 1.54) is 11.1 Å². The van der Waals surface area contributed by atoms with Crippen LogP contribution in [0.2, 0.25) is 0 Å². The molecule has 0 aromatic heterocycles. The molecule has 0 N–H and O–H groups in total. The SMILES string of the molecule is Cc1cccc(C2=NN(C(=O)CCN3CCC(C)CC3)[C@@H](c3ccccc3[N+](=O)[O-])C2)c1. The summed E-state index contributed by atoms with van der Waals surface area (Å²) in [5.41, 5.74) is 3.41. The van der Waals surface area contributed by atoms with Gasteiger partial charge in [-0.3, -0.25) is 14.9 Å². The number of amides is 1. The van der Waals surface area contributed by atoms with Crippen LogP contribution in [-0.4, -0.2) is 46.1 Å². The lowest BCUT2D eigenvalue weighted by molar-refractivity contribution is -0.385. The molecule has 0 unspecified atom stereocenters. The Labute approximate surface area is 188 Å². The fourth-order valence-electron chi connectivity index (χ4n) is 4.57. The number of likely N-dealkylation sites (tertiary alicyclic amines) is 1. The van der Waals surface area contributed by atoms with Crippen molar-refractivity contribution >= 4 is 17.3 Å². The highest BCUT2D eigenvalue weighted by Gasteiger charge is 2.36. The van der Waals surface area contributed by atoms with Crippen LogP contribution in [0.25, 0.3) is 0 Å². The van der Waals surface area contributed by atoms with Gasteiger partial charge in [-0.15, -0.1) is 0 Å². The van der Waals surface area contributed by atoms with Crippen molar-refractivity contribution in [2.75, 3.05) is 19.6 Å². The number of aryl methyl sites for hydroxylation is 1. The quantitative estimate of drug-likeness (QED) is 0.487. The molecule has 7 nitrogen and oxygen atoms in total. The van der Waals surface area contributed by atoms with Gasteiger partial charge < -0.3 is 4.90 Å². The van der Waals surface area contributed by atoms with Gasteiger partial charge in [0, 0.05) is 25.5 Å². The summed E-state index contributed by atoms with van der Waals surface area (Å²) in [6.07, 6.45) is 3.14. The highest BCUT2D eigenvalue weighted by Crippen LogP contribution is 2.37. The first kappa shape index (κ1) is 22.1. The molecule has 2 aromatic carbocycles. The average Bonchev–Trinajstić information content (AvgIpc) is 3.24. The number of nitro groups is 1. The van der Waals surface area contributed by atoms with Gasteiger partial charge in [-0.1, -0.05) is 48.9 Å². The van der Waals surface area contributed by atoms with Crippen molar-refractivity contribution in [1.82, 2.24) is 9.91 Å². The standard InChI is InChI=1S/C25H30N4O3/c1-18-10-13-27(14-11-18)15-12-25(30)28-24(21-8-3-4-9-23(21)29(31)32)17-22(26-28)20-7-5-6-19(2)16-20/h3-9,16,18,24H,10-15,17H2,1-2H3/t24-/m1/s1. The molecule has 32 heavy (non-hydrogen) atoms. The first-order chi connectivity index (χ1) is 15.4. The van der Waals surface area contributed by atoms with Crippen LogP contribution in [0.1, 0.15) is 55.3 Å². The van der Waals surface area contributed by atoms with E-state index in [9.17, 15) is 14.9 Å². The summed E-state index contributed by atoms with van der Waals surface area (Å²) in [5.74, 6) is 0.652. The summed E-state index contributed by atoms with van der Waals surface area (Å²) in [7, 11) is 0. The monoisotopic (exact) mass is 434 g/mol. The van der Waals surface area contributed by atoms with Crippen molar-refractivity contribution in [3.8, 4) is 0 Å². The zero-order valence-corrected chi connectivity index (χ0v) is 18.7. The number of carbonyl (C=O) groups excluding carboxylic acids is 1. The van der Waals surface area contributed by atoms with Crippen molar-refractivity contribution in [1.29, 1.82) is 0 Å². The Balaban J connectivity index is 1.59. The zero-order chi connectivity index (χ0) is 22.7. The number of benzene rings is 2. The molecule has 1 saturated heterocycles. The van der Waals surface area contributed by atoms with E-state index in [1.54, 1.807) is 18.2 Å². The minimum Gasteiger partial charge on any atom is -0.303 e. The van der Waals surface area contributed by atoms with Crippen LogP contribution >= 0.6 is 0 Å². The molecule has 1 atom stereocenters. The predicted molar refractivity (Wildman–Crippen MR) is 124 cm³/mol. The van der Waals surface area contributed by atoms with E-state index >= 15 is 0 Å². The Morgan fingerprint density at radius 2 is 1.91 bits per heavy atom. The Hall–Kier alpha value is -3.06. The van der Waals surface area contributed by atoms with Gasteiger partial charge in [0.2, 0.25) is 5.91 Å². The van der Waals surface area contributed by atoms with Crippen molar-refractivity contribution in [3.05, 3.63) is 75.3 Å². The summed E-state index contributed by atoms with van der Waals surface area (Å²) in [5, 5.41) is 17.9. The van der Waals surface area contributed by atoms with Gasteiger partial charge in [0.1, 0.15) is 0 Å². The van der Waals surface area contributed by atoms with Gasteiger partial charge in [0.25, 0.3) is 5.69 Å². The van der Waals surface area contributed by atoms with E-state index in [0.717, 1.165) is 48.7 Å². The molecular weight excluding hydrogens is 404 g/mol. The summed E-state index contributed by atoms with van der Waals surface area (Å²) < 4.78 is 0. The number of hydrogen-bond donors (Lipinski definition) is 0. The van der Waals surface area contributed by atoms with E-state index in [4.69, 9.17) is 5.10 Å². The number of para-hydroxylation sites is 1. The molecule has 0 spiro atoms. The van der Waals surface area contributed by atoms with Gasteiger partial charge in [-0.25, -0.2) is 5.01 Å². The molecule has 0 radical (unpaired) electrons. The van der Waals surface area contributed by atoms with Crippen LogP contribution < -0.4 is 0 Å². The summed E-state index contributed by atoms with van der Waals surface area (Å²) in [6, 6.07) is 14.2. The first-order valence-electron chi connectivity index (χ1n) is 11.3. The fourth-order valence-corrected chi connectivity index (χ4v) is 4.57. The van der Waals surface area contributed by atoms with Crippen molar-refractivity contribution in [2.45, 2.75) is 45.6 Å². The normalized spacial score (nSPS) is 19.8. The van der Waals surface area contributed by atoms with Crippen LogP contribution in [-0.2, 0) is 4.79 Å². The van der Waals surface area contributed by atoms with Crippen LogP contribution in [0.5, 0.6) is 0 Å². The second-order valence-corrected chi connectivity index (χ2v) is 8.96. The largest absolute Gasteiger partial charge is 0.303 e. The molecule has 2 aliphatic heterocycles. The molecule has 168 valence electrons. The molecular formula is C25H30N4O3. The zero-order valence-electron chi connectivity index (χ0n) is 18.7. The van der Waals surface area contributed by atoms with Gasteiger partial charge in [0.15, 0.2) is 0 Å². The van der Waals surface area contributed by atoms with Crippen LogP contribution in [0.15, 0.2) is 53.6 Å². The van der Waals surface area contributed by atoms with Crippen LogP contribution in [0.4, 0.5) is 5.69 Å². The van der Waals surface area contributed by atoms with E-state index < -0.39 is 6.04 Å². The Bertz CT molecular complexity index is 1030. The number of rotatable bonds is 6. The summed E-state index contributed by atoms with van der Waals surface area (Å²) >= 11 is 0. The van der Waals surface area contributed by atoms with E-state index in [-0.39, 0.29) is 16.5 Å². The molecule has 2 aromatic rings. The average molecular weight is 435 g/mol. The van der Waals surface area contributed by atoms with Gasteiger partial charge >= 0.3 is 0 Å². The number of nitrogens with zero attached hydrogens (tertiary/aromatic N) is 4. The number of hydrogen-bond acceptors (Lipinski definition) is 5. The van der Waals surface area contributed by atoms with Crippen molar-refractivity contribution in [2.24, 2.45) is 11.0 Å². The number of carbonyl (C=O) groups is 1. The van der Waals surface area contributed by atoms with Gasteiger partial charge in [0.05, 0.1) is 22.2 Å². The molecule has 2 heterocycles. The maximum atomic E-state index is 13.3. The lowest BCUT2D eigenvalue weighted by Crippen LogP contribution is -2.36. The third-order valence-corrected chi connectivity index (χ3v) is 6.53. The van der Waals surface area contributed by atoms with Gasteiger partial charge in [-0.05, 0) is 50.4 Å². The highest BCUT2D eigenvalue weighted by molar-refractivity contribution is 6.03. The molecule has 1 amide bonds. The minimum absolute atomic E-state index is 0.0287. The molecule has 0 bridgehead atoms. The smallest absolute Gasteiger partial charge is 0.274 e. The number of nitro benzene ring substituents is 1. The van der Waals surface area contributed by atoms with Crippen LogP contribution in [0, 0.1) is 23.0 Å². The maximum Gasteiger partial charge on any atom is 0.274 e. The summed E-state index contributed by atoms with van der Waals surface area (Å²) in [4.78, 5) is 26.9. The fraction of sp³-hybridized carbons (Fsp3) is 0.440. The third-order valence-electron chi connectivity index (χ3n) is 6.53. The summed E-state index contributed by atoms with van der Waals surface area (Å²) in [6.45, 7) is 7.01. The Kier molecular flexibility index (Phi) is 6.65. The minimum atomic E-state index is -0.471. The first-order valence-corrected chi connectivity index (χ1v) is 11.3. The molecule has 0 aliphatic carbocycles. The van der Waals surface area contributed by atoms with Crippen LogP contribution in [0.3, 0.4) is 0 Å². The van der Waals surface area contributed by atoms with Crippen molar-refractivity contribution in [3.63, 3.8) is 0 Å². The van der Waals surface area contributed by atoms with E-state index in [0.29, 0.717) is 24.9 Å². The Morgan fingerprint density at radius 3 is 2.62 bits per heavy atom. The topological polar surface area (TPSA) is 79.0 Å². The number of piperidine rings is 1. The molecule has 1 fully saturated rings. The molecule has 2 aliphatic rings. The molecule has 0 saturated carbocycles. The second kappa shape index (κ2) is 9.61. The lowest BCUT2D eigenvalue weighted by atomic mass is 9.96. The number of hydrazone groups is 1. The lowest BCUT2D eigenvalue weighted by Gasteiger charge is -2.30. The Morgan fingerprint density at radius 1 is 1.16 bits per heavy atom. The predicted octanol–water partition coefficient (Wildman–Crippen LogP) is 4.70. The van der Waals surface area contributed by atoms with E-state index in [1.807, 2.05) is 31.2 Å². The highest BCUT2D eigenvalue weighted by atomic mass is 16.6. The third kappa shape index (κ3) is 4.88. The van der Waals surface area contributed by atoms with E-state index in [2.05, 4.69) is 11.8 Å². The maximum absolute atomic E-state index is 13.3.